The molecule has 0 N–H and O–H groups in total. The average Bonchev–Trinajstić information content (AvgIpc) is 3.46. The Morgan fingerprint density at radius 2 is 2.09 bits per heavy atom. The lowest BCUT2D eigenvalue weighted by atomic mass is 9.73. The van der Waals surface area contributed by atoms with Crippen molar-refractivity contribution in [1.82, 2.24) is 14.7 Å². The number of aromatic nitrogens is 2. The third-order valence-electron chi connectivity index (χ3n) is 6.99. The summed E-state index contributed by atoms with van der Waals surface area (Å²) in [7, 11) is 0. The maximum atomic E-state index is 13.5. The number of carbonyl (C=O) groups is 1. The summed E-state index contributed by atoms with van der Waals surface area (Å²) < 4.78 is 48.0. The lowest BCUT2D eigenvalue weighted by molar-refractivity contribution is -0.137. The van der Waals surface area contributed by atoms with Gasteiger partial charge in [-0.25, -0.2) is 0 Å². The van der Waals surface area contributed by atoms with Crippen molar-refractivity contribution in [2.75, 3.05) is 44.3 Å². The molecule has 34 heavy (non-hydrogen) atoms. The predicted octanol–water partition coefficient (Wildman–Crippen LogP) is 3.80. The number of halogens is 3. The number of piperidine rings is 1. The molecule has 3 heterocycles. The maximum absolute atomic E-state index is 13.5. The topological polar surface area (TPSA) is 74.4 Å². The first kappa shape index (κ1) is 24.1. The van der Waals surface area contributed by atoms with Gasteiger partial charge in [0.2, 0.25) is 0 Å². The van der Waals surface area contributed by atoms with Crippen LogP contribution in [0, 0.1) is 22.7 Å². The fraction of sp³-hybridized carbons (Fsp3) is 0.542. The van der Waals surface area contributed by atoms with Crippen LogP contribution in [0.1, 0.15) is 41.9 Å². The van der Waals surface area contributed by atoms with Crippen LogP contribution in [0.15, 0.2) is 30.5 Å². The van der Waals surface area contributed by atoms with Crippen molar-refractivity contribution in [3.8, 4) is 6.07 Å². The van der Waals surface area contributed by atoms with Crippen LogP contribution in [-0.4, -0.2) is 60.0 Å². The van der Waals surface area contributed by atoms with Crippen molar-refractivity contribution in [3.63, 3.8) is 0 Å². The molecule has 0 spiro atoms. The van der Waals surface area contributed by atoms with Gasteiger partial charge in [0.15, 0.2) is 0 Å². The van der Waals surface area contributed by atoms with E-state index >= 15 is 0 Å². The molecule has 10 heteroatoms. The Labute approximate surface area is 196 Å². The molecule has 2 saturated heterocycles. The van der Waals surface area contributed by atoms with E-state index in [-0.39, 0.29) is 22.8 Å². The number of alkyl halides is 3. The fourth-order valence-electron chi connectivity index (χ4n) is 5.09. The van der Waals surface area contributed by atoms with Crippen LogP contribution in [0.25, 0.3) is 0 Å². The van der Waals surface area contributed by atoms with Gasteiger partial charge in [-0.2, -0.15) is 23.5 Å². The highest BCUT2D eigenvalue weighted by Gasteiger charge is 2.51. The SMILES string of the molecule is CCOCC12CCN(c3ccc(C#N)c(C(F)(F)F)c3)CC1CN(C(=O)c1ccn(CC)n1)C2. The zero-order valence-corrected chi connectivity index (χ0v) is 19.3. The largest absolute Gasteiger partial charge is 0.417 e. The number of anilines is 1. The van der Waals surface area contributed by atoms with Crippen molar-refractivity contribution in [1.29, 1.82) is 5.26 Å². The van der Waals surface area contributed by atoms with E-state index in [0.717, 1.165) is 6.07 Å². The number of nitrogens with zero attached hydrogens (tertiary/aromatic N) is 5. The molecule has 0 bridgehead atoms. The van der Waals surface area contributed by atoms with E-state index in [4.69, 9.17) is 10.00 Å². The van der Waals surface area contributed by atoms with Gasteiger partial charge in [0.25, 0.3) is 5.91 Å². The van der Waals surface area contributed by atoms with Gasteiger partial charge in [-0.1, -0.05) is 0 Å². The Kier molecular flexibility index (Phi) is 6.58. The van der Waals surface area contributed by atoms with E-state index in [0.29, 0.717) is 63.7 Å². The minimum atomic E-state index is -4.60. The monoisotopic (exact) mass is 475 g/mol. The summed E-state index contributed by atoms with van der Waals surface area (Å²) >= 11 is 0. The van der Waals surface area contributed by atoms with E-state index < -0.39 is 11.7 Å². The van der Waals surface area contributed by atoms with Crippen molar-refractivity contribution >= 4 is 11.6 Å². The minimum absolute atomic E-state index is 0.0370. The predicted molar refractivity (Wildman–Crippen MR) is 119 cm³/mol. The molecule has 7 nitrogen and oxygen atoms in total. The number of ether oxygens (including phenoxy) is 1. The van der Waals surface area contributed by atoms with Crippen molar-refractivity contribution in [2.24, 2.45) is 11.3 Å². The summed E-state index contributed by atoms with van der Waals surface area (Å²) in [6.07, 6.45) is -2.14. The fourth-order valence-corrected chi connectivity index (χ4v) is 5.09. The molecule has 2 aliphatic rings. The molecule has 2 aromatic rings. The van der Waals surface area contributed by atoms with Crippen molar-refractivity contribution in [2.45, 2.75) is 33.0 Å². The van der Waals surface area contributed by atoms with Gasteiger partial charge in [-0.05, 0) is 44.5 Å². The molecule has 4 rings (SSSR count). The van der Waals surface area contributed by atoms with Gasteiger partial charge in [-0.3, -0.25) is 9.48 Å². The molecule has 0 radical (unpaired) electrons. The minimum Gasteiger partial charge on any atom is -0.381 e. The first-order valence-electron chi connectivity index (χ1n) is 11.5. The first-order valence-corrected chi connectivity index (χ1v) is 11.5. The standard InChI is InChI=1S/C24H28F3N5O2/c1-3-32-9-7-21(29-32)22(33)31-14-18-13-30(10-8-23(18,15-31)16-34-4-2)19-6-5-17(12-28)20(11-19)24(25,26)27/h5-7,9,11,18H,3-4,8,10,13-16H2,1-2H3. The molecule has 182 valence electrons. The molecule has 2 unspecified atom stereocenters. The number of rotatable bonds is 6. The van der Waals surface area contributed by atoms with Gasteiger partial charge >= 0.3 is 6.18 Å². The zero-order chi connectivity index (χ0) is 24.5. The summed E-state index contributed by atoms with van der Waals surface area (Å²) in [6, 6.07) is 7.20. The van der Waals surface area contributed by atoms with E-state index in [2.05, 4.69) is 5.10 Å². The van der Waals surface area contributed by atoms with Crippen LogP contribution in [0.5, 0.6) is 0 Å². The molecular weight excluding hydrogens is 447 g/mol. The molecule has 2 fully saturated rings. The second kappa shape index (κ2) is 9.29. The molecule has 1 amide bonds. The third-order valence-corrected chi connectivity index (χ3v) is 6.99. The van der Waals surface area contributed by atoms with Crippen LogP contribution in [0.2, 0.25) is 0 Å². The highest BCUT2D eigenvalue weighted by Crippen LogP contribution is 2.45. The Morgan fingerprint density at radius 3 is 2.74 bits per heavy atom. The zero-order valence-electron chi connectivity index (χ0n) is 19.3. The Bertz CT molecular complexity index is 1090. The van der Waals surface area contributed by atoms with E-state index in [9.17, 15) is 18.0 Å². The number of hydrogen-bond acceptors (Lipinski definition) is 5. The maximum Gasteiger partial charge on any atom is 0.417 e. The summed E-state index contributed by atoms with van der Waals surface area (Å²) in [5, 5.41) is 13.4. The number of likely N-dealkylation sites (tertiary alicyclic amines) is 1. The molecule has 0 aliphatic carbocycles. The summed E-state index contributed by atoms with van der Waals surface area (Å²) in [6.45, 7) is 7.66. The highest BCUT2D eigenvalue weighted by molar-refractivity contribution is 5.92. The molecule has 2 atom stereocenters. The second-order valence-corrected chi connectivity index (χ2v) is 8.97. The van der Waals surface area contributed by atoms with Crippen molar-refractivity contribution < 1.29 is 22.7 Å². The van der Waals surface area contributed by atoms with Gasteiger partial charge in [0.1, 0.15) is 5.69 Å². The van der Waals surface area contributed by atoms with Crippen LogP contribution >= 0.6 is 0 Å². The summed E-state index contributed by atoms with van der Waals surface area (Å²) in [4.78, 5) is 16.9. The quantitative estimate of drug-likeness (QED) is 0.636. The lowest BCUT2D eigenvalue weighted by Crippen LogP contribution is -2.49. The second-order valence-electron chi connectivity index (χ2n) is 8.97. The van der Waals surface area contributed by atoms with Crippen LogP contribution < -0.4 is 4.90 Å². The Balaban J connectivity index is 1.58. The van der Waals surface area contributed by atoms with E-state index in [1.54, 1.807) is 34.0 Å². The van der Waals surface area contributed by atoms with Gasteiger partial charge in [-0.15, -0.1) is 0 Å². The van der Waals surface area contributed by atoms with Gasteiger partial charge in [0, 0.05) is 62.5 Å². The molecule has 2 aliphatic heterocycles. The van der Waals surface area contributed by atoms with Gasteiger partial charge < -0.3 is 14.5 Å². The first-order chi connectivity index (χ1) is 16.2. The number of benzene rings is 1. The highest BCUT2D eigenvalue weighted by atomic mass is 19.4. The number of carbonyl (C=O) groups excluding carboxylic acids is 1. The van der Waals surface area contributed by atoms with E-state index in [1.807, 2.05) is 18.7 Å². The van der Waals surface area contributed by atoms with Gasteiger partial charge in [0.05, 0.1) is 23.8 Å². The molecular formula is C24H28F3N5O2. The van der Waals surface area contributed by atoms with E-state index in [1.165, 1.54) is 6.07 Å². The third kappa shape index (κ3) is 4.49. The van der Waals surface area contributed by atoms with Crippen molar-refractivity contribution in [3.05, 3.63) is 47.3 Å². The number of amides is 1. The Morgan fingerprint density at radius 1 is 1.29 bits per heavy atom. The Hall–Kier alpha value is -3.06. The number of nitriles is 1. The summed E-state index contributed by atoms with van der Waals surface area (Å²) in [5.41, 5.74) is -0.736. The molecule has 1 aromatic heterocycles. The lowest BCUT2D eigenvalue weighted by Gasteiger charge is -2.44. The smallest absolute Gasteiger partial charge is 0.381 e. The number of fused-ring (bicyclic) bond motifs is 1. The van der Waals surface area contributed by atoms with Crippen LogP contribution in [-0.2, 0) is 17.5 Å². The van der Waals surface area contributed by atoms with Crippen LogP contribution in [0.3, 0.4) is 0 Å². The number of aryl methyl sites for hydroxylation is 1. The molecule has 0 saturated carbocycles. The summed E-state index contributed by atoms with van der Waals surface area (Å²) in [5.74, 6) is -0.100. The normalized spacial score (nSPS) is 22.5. The van der Waals surface area contributed by atoms with Crippen LogP contribution in [0.4, 0.5) is 18.9 Å². The average molecular weight is 476 g/mol. The number of hydrogen-bond donors (Lipinski definition) is 0. The molecule has 1 aromatic carbocycles.